The summed E-state index contributed by atoms with van der Waals surface area (Å²) in [5.41, 5.74) is 1.06. The van der Waals surface area contributed by atoms with Gasteiger partial charge in [-0.1, -0.05) is 48.3 Å². The molecule has 1 saturated carbocycles. The minimum absolute atomic E-state index is 0.200. The molecule has 118 valence electrons. The van der Waals surface area contributed by atoms with Gasteiger partial charge in [-0.2, -0.15) is 0 Å². The van der Waals surface area contributed by atoms with Crippen LogP contribution in [0.25, 0.3) is 0 Å². The average molecular weight is 353 g/mol. The van der Waals surface area contributed by atoms with Crippen LogP contribution in [0.15, 0.2) is 28.7 Å². The third-order valence-electron chi connectivity index (χ3n) is 5.17. The molecule has 0 radical (unpaired) electrons. The predicted molar refractivity (Wildman–Crippen MR) is 93.5 cm³/mol. The third-order valence-corrected chi connectivity index (χ3v) is 5.70. The van der Waals surface area contributed by atoms with Gasteiger partial charge in [0.25, 0.3) is 0 Å². The van der Waals surface area contributed by atoms with Crippen molar-refractivity contribution in [3.63, 3.8) is 0 Å². The van der Waals surface area contributed by atoms with Gasteiger partial charge in [-0.3, -0.25) is 0 Å². The minimum atomic E-state index is -0.200. The SMILES string of the molecule is CCC(C)C1CCC(OC(C)(C)c2ccc(Br)cc2)CC1. The van der Waals surface area contributed by atoms with Gasteiger partial charge in [0.1, 0.15) is 0 Å². The zero-order valence-corrected chi connectivity index (χ0v) is 15.4. The molecular formula is C19H29BrO. The molecule has 0 N–H and O–H groups in total. The van der Waals surface area contributed by atoms with Crippen LogP contribution in [0.1, 0.15) is 65.4 Å². The summed E-state index contributed by atoms with van der Waals surface area (Å²) in [6.07, 6.45) is 6.82. The summed E-state index contributed by atoms with van der Waals surface area (Å²) < 4.78 is 7.57. The topological polar surface area (TPSA) is 9.23 Å². The molecule has 1 nitrogen and oxygen atoms in total. The van der Waals surface area contributed by atoms with E-state index in [4.69, 9.17) is 4.74 Å². The fourth-order valence-electron chi connectivity index (χ4n) is 3.44. The first-order valence-electron chi connectivity index (χ1n) is 8.36. The van der Waals surface area contributed by atoms with Crippen molar-refractivity contribution in [1.82, 2.24) is 0 Å². The van der Waals surface area contributed by atoms with Crippen molar-refractivity contribution in [1.29, 1.82) is 0 Å². The summed E-state index contributed by atoms with van der Waals surface area (Å²) in [6, 6.07) is 8.52. The number of hydrogen-bond acceptors (Lipinski definition) is 1. The Labute approximate surface area is 138 Å². The Kier molecular flexibility index (Phi) is 5.90. The summed E-state index contributed by atoms with van der Waals surface area (Å²) in [5, 5.41) is 0. The van der Waals surface area contributed by atoms with Crippen LogP contribution in [0.4, 0.5) is 0 Å². The number of hydrogen-bond donors (Lipinski definition) is 0. The molecule has 1 aliphatic carbocycles. The number of benzene rings is 1. The molecule has 0 amide bonds. The third kappa shape index (κ3) is 4.56. The maximum atomic E-state index is 6.45. The monoisotopic (exact) mass is 352 g/mol. The fourth-order valence-corrected chi connectivity index (χ4v) is 3.71. The molecule has 2 rings (SSSR count). The highest BCUT2D eigenvalue weighted by atomic mass is 79.9. The molecule has 0 aromatic heterocycles. The Balaban J connectivity index is 1.91. The zero-order chi connectivity index (χ0) is 15.5. The molecule has 2 heteroatoms. The van der Waals surface area contributed by atoms with Gasteiger partial charge >= 0.3 is 0 Å². The van der Waals surface area contributed by atoms with Crippen molar-refractivity contribution in [3.8, 4) is 0 Å². The van der Waals surface area contributed by atoms with E-state index in [1.54, 1.807) is 0 Å². The molecule has 1 aromatic rings. The molecule has 1 aromatic carbocycles. The lowest BCUT2D eigenvalue weighted by Crippen LogP contribution is -2.32. The summed E-state index contributed by atoms with van der Waals surface area (Å²) in [6.45, 7) is 9.09. The normalized spacial score (nSPS) is 24.8. The van der Waals surface area contributed by atoms with Crippen LogP contribution in [0.2, 0.25) is 0 Å². The van der Waals surface area contributed by atoms with E-state index < -0.39 is 0 Å². The van der Waals surface area contributed by atoms with E-state index in [0.717, 1.165) is 16.3 Å². The maximum Gasteiger partial charge on any atom is 0.0879 e. The Bertz CT molecular complexity index is 429. The van der Waals surface area contributed by atoms with Gasteiger partial charge < -0.3 is 4.74 Å². The van der Waals surface area contributed by atoms with Gasteiger partial charge in [0.2, 0.25) is 0 Å². The highest BCUT2D eigenvalue weighted by Crippen LogP contribution is 2.36. The molecule has 1 atom stereocenters. The van der Waals surface area contributed by atoms with E-state index in [-0.39, 0.29) is 5.60 Å². The van der Waals surface area contributed by atoms with Crippen molar-refractivity contribution in [3.05, 3.63) is 34.3 Å². The van der Waals surface area contributed by atoms with E-state index in [2.05, 4.69) is 67.9 Å². The van der Waals surface area contributed by atoms with Crippen molar-refractivity contribution in [2.75, 3.05) is 0 Å². The van der Waals surface area contributed by atoms with E-state index in [0.29, 0.717) is 6.10 Å². The molecule has 1 aliphatic rings. The van der Waals surface area contributed by atoms with Crippen LogP contribution in [-0.2, 0) is 10.3 Å². The van der Waals surface area contributed by atoms with Crippen molar-refractivity contribution < 1.29 is 4.74 Å². The first-order valence-corrected chi connectivity index (χ1v) is 9.15. The van der Waals surface area contributed by atoms with Gasteiger partial charge in [-0.15, -0.1) is 0 Å². The van der Waals surface area contributed by atoms with Crippen molar-refractivity contribution >= 4 is 15.9 Å². The Morgan fingerprint density at radius 1 is 1.14 bits per heavy atom. The van der Waals surface area contributed by atoms with Crippen LogP contribution in [0, 0.1) is 11.8 Å². The zero-order valence-electron chi connectivity index (χ0n) is 13.9. The Morgan fingerprint density at radius 3 is 2.24 bits per heavy atom. The fraction of sp³-hybridized carbons (Fsp3) is 0.684. The van der Waals surface area contributed by atoms with E-state index >= 15 is 0 Å². The van der Waals surface area contributed by atoms with E-state index in [1.165, 1.54) is 37.7 Å². The Hall–Kier alpha value is -0.340. The highest BCUT2D eigenvalue weighted by molar-refractivity contribution is 9.10. The predicted octanol–water partition coefficient (Wildman–Crippen LogP) is 6.31. The number of rotatable bonds is 5. The minimum Gasteiger partial charge on any atom is -0.368 e. The van der Waals surface area contributed by atoms with Gasteiger partial charge in [-0.25, -0.2) is 0 Å². The maximum absolute atomic E-state index is 6.45. The lowest BCUT2D eigenvalue weighted by atomic mass is 9.78. The van der Waals surface area contributed by atoms with Crippen LogP contribution in [-0.4, -0.2) is 6.10 Å². The molecule has 1 fully saturated rings. The van der Waals surface area contributed by atoms with Gasteiger partial charge in [-0.05, 0) is 69.1 Å². The second-order valence-corrected chi connectivity index (χ2v) is 7.97. The van der Waals surface area contributed by atoms with E-state index in [1.807, 2.05) is 0 Å². The van der Waals surface area contributed by atoms with E-state index in [9.17, 15) is 0 Å². The first-order chi connectivity index (χ1) is 9.92. The van der Waals surface area contributed by atoms with Crippen molar-refractivity contribution in [2.45, 2.75) is 71.5 Å². The average Bonchev–Trinajstić information content (AvgIpc) is 2.47. The van der Waals surface area contributed by atoms with Gasteiger partial charge in [0, 0.05) is 4.47 Å². The highest BCUT2D eigenvalue weighted by Gasteiger charge is 2.30. The van der Waals surface area contributed by atoms with Crippen LogP contribution in [0.3, 0.4) is 0 Å². The summed E-state index contributed by atoms with van der Waals surface area (Å²) >= 11 is 3.50. The van der Waals surface area contributed by atoms with Crippen LogP contribution in [0.5, 0.6) is 0 Å². The second kappa shape index (κ2) is 7.28. The first kappa shape index (κ1) is 17.0. The molecule has 0 saturated heterocycles. The van der Waals surface area contributed by atoms with Crippen molar-refractivity contribution in [2.24, 2.45) is 11.8 Å². The second-order valence-electron chi connectivity index (χ2n) is 7.06. The molecule has 0 heterocycles. The van der Waals surface area contributed by atoms with Crippen LogP contribution < -0.4 is 0 Å². The lowest BCUT2D eigenvalue weighted by Gasteiger charge is -2.37. The molecule has 0 aliphatic heterocycles. The van der Waals surface area contributed by atoms with Gasteiger partial charge in [0.05, 0.1) is 11.7 Å². The number of ether oxygens (including phenoxy) is 1. The number of halogens is 1. The smallest absolute Gasteiger partial charge is 0.0879 e. The molecule has 0 bridgehead atoms. The standard InChI is InChI=1S/C19H29BrO/c1-5-14(2)15-6-12-18(13-7-15)21-19(3,4)16-8-10-17(20)11-9-16/h8-11,14-15,18H,5-7,12-13H2,1-4H3. The molecule has 0 spiro atoms. The molecular weight excluding hydrogens is 324 g/mol. The summed E-state index contributed by atoms with van der Waals surface area (Å²) in [4.78, 5) is 0. The quantitative estimate of drug-likeness (QED) is 0.603. The molecule has 1 unspecified atom stereocenters. The Morgan fingerprint density at radius 2 is 1.71 bits per heavy atom. The van der Waals surface area contributed by atoms with Gasteiger partial charge in [0.15, 0.2) is 0 Å². The lowest BCUT2D eigenvalue weighted by molar-refractivity contribution is -0.0955. The summed E-state index contributed by atoms with van der Waals surface area (Å²) in [5.74, 6) is 1.77. The largest absolute Gasteiger partial charge is 0.368 e. The molecule has 21 heavy (non-hydrogen) atoms. The van der Waals surface area contributed by atoms with Crippen LogP contribution >= 0.6 is 15.9 Å². The summed E-state index contributed by atoms with van der Waals surface area (Å²) in [7, 11) is 0.